The van der Waals surface area contributed by atoms with Crippen LogP contribution in [-0.4, -0.2) is 42.5 Å². The maximum absolute atomic E-state index is 5.75. The molecular weight excluding hydrogens is 242 g/mol. The first-order chi connectivity index (χ1) is 8.72. The van der Waals surface area contributed by atoms with Crippen LogP contribution in [0, 0.1) is 0 Å². The molecule has 0 saturated carbocycles. The third-order valence-electron chi connectivity index (χ3n) is 3.63. The molecule has 1 fully saturated rings. The highest BCUT2D eigenvalue weighted by Gasteiger charge is 2.21. The molecule has 18 heavy (non-hydrogen) atoms. The molecule has 0 aromatic carbocycles. The van der Waals surface area contributed by atoms with Crippen LogP contribution < -0.4 is 0 Å². The molecule has 2 nitrogen and oxygen atoms in total. The second kappa shape index (κ2) is 10.1. The number of nitrogens with zero attached hydrogens (tertiary/aromatic N) is 1. The lowest BCUT2D eigenvalue weighted by Crippen LogP contribution is -2.45. The van der Waals surface area contributed by atoms with Gasteiger partial charge in [0.15, 0.2) is 0 Å². The number of hydrogen-bond acceptors (Lipinski definition) is 3. The zero-order valence-corrected chi connectivity index (χ0v) is 13.1. The second-order valence-corrected chi connectivity index (χ2v) is 6.16. The standard InChI is InChI=1S/C15H31NOS/c1-14-12-16(13-15(2)17-14)10-8-6-4-3-5-7-9-11-18/h14-15,18H,3-13H2,1-2H3. The summed E-state index contributed by atoms with van der Waals surface area (Å²) in [5.74, 6) is 1.05. The summed E-state index contributed by atoms with van der Waals surface area (Å²) < 4.78 is 5.75. The van der Waals surface area contributed by atoms with Crippen LogP contribution in [-0.2, 0) is 4.74 Å². The number of morpholine rings is 1. The molecule has 1 heterocycles. The number of ether oxygens (including phenoxy) is 1. The molecule has 108 valence electrons. The summed E-state index contributed by atoms with van der Waals surface area (Å²) in [6.45, 7) is 7.86. The largest absolute Gasteiger partial charge is 0.373 e. The van der Waals surface area contributed by atoms with E-state index in [4.69, 9.17) is 4.74 Å². The van der Waals surface area contributed by atoms with E-state index in [2.05, 4.69) is 31.4 Å². The van der Waals surface area contributed by atoms with Gasteiger partial charge in [-0.2, -0.15) is 12.6 Å². The Bertz CT molecular complexity index is 191. The minimum Gasteiger partial charge on any atom is -0.373 e. The molecule has 0 aromatic heterocycles. The van der Waals surface area contributed by atoms with Crippen molar-refractivity contribution in [3.63, 3.8) is 0 Å². The zero-order chi connectivity index (χ0) is 13.2. The SMILES string of the molecule is CC1CN(CCCCCCCCCS)CC(C)O1. The van der Waals surface area contributed by atoms with Crippen molar-refractivity contribution in [1.29, 1.82) is 0 Å². The van der Waals surface area contributed by atoms with Crippen LogP contribution in [0.5, 0.6) is 0 Å². The topological polar surface area (TPSA) is 12.5 Å². The Morgan fingerprint density at radius 2 is 1.39 bits per heavy atom. The van der Waals surface area contributed by atoms with Crippen LogP contribution in [0.25, 0.3) is 0 Å². The van der Waals surface area contributed by atoms with Crippen LogP contribution in [0.4, 0.5) is 0 Å². The molecule has 0 aliphatic carbocycles. The summed E-state index contributed by atoms with van der Waals surface area (Å²) >= 11 is 4.24. The molecule has 2 unspecified atom stereocenters. The number of rotatable bonds is 9. The van der Waals surface area contributed by atoms with Crippen molar-refractivity contribution in [2.75, 3.05) is 25.4 Å². The first-order valence-electron chi connectivity index (χ1n) is 7.71. The van der Waals surface area contributed by atoms with Crippen molar-refractivity contribution in [3.8, 4) is 0 Å². The third-order valence-corrected chi connectivity index (χ3v) is 3.94. The molecule has 1 saturated heterocycles. The molecule has 0 spiro atoms. The number of hydrogen-bond donors (Lipinski definition) is 1. The van der Waals surface area contributed by atoms with Gasteiger partial charge in [-0.15, -0.1) is 0 Å². The van der Waals surface area contributed by atoms with Gasteiger partial charge in [-0.25, -0.2) is 0 Å². The second-order valence-electron chi connectivity index (χ2n) is 5.72. The van der Waals surface area contributed by atoms with E-state index in [1.165, 1.54) is 51.5 Å². The van der Waals surface area contributed by atoms with Gasteiger partial charge >= 0.3 is 0 Å². The van der Waals surface area contributed by atoms with E-state index in [0.717, 1.165) is 18.8 Å². The van der Waals surface area contributed by atoms with E-state index in [1.807, 2.05) is 0 Å². The molecule has 0 radical (unpaired) electrons. The Balaban J connectivity index is 1.91. The van der Waals surface area contributed by atoms with E-state index in [1.54, 1.807) is 0 Å². The monoisotopic (exact) mass is 273 g/mol. The fourth-order valence-corrected chi connectivity index (χ4v) is 3.02. The minimum atomic E-state index is 0.412. The molecule has 0 aromatic rings. The van der Waals surface area contributed by atoms with Crippen LogP contribution >= 0.6 is 12.6 Å². The van der Waals surface area contributed by atoms with Crippen molar-refractivity contribution < 1.29 is 4.74 Å². The summed E-state index contributed by atoms with van der Waals surface area (Å²) in [5, 5.41) is 0. The maximum Gasteiger partial charge on any atom is 0.0678 e. The number of thiol groups is 1. The summed E-state index contributed by atoms with van der Waals surface area (Å²) in [7, 11) is 0. The predicted molar refractivity (Wildman–Crippen MR) is 82.6 cm³/mol. The average molecular weight is 273 g/mol. The molecule has 1 aliphatic heterocycles. The fourth-order valence-electron chi connectivity index (χ4n) is 2.80. The fraction of sp³-hybridized carbons (Fsp3) is 1.00. The summed E-state index contributed by atoms with van der Waals surface area (Å²) in [5.41, 5.74) is 0. The first kappa shape index (κ1) is 16.3. The Morgan fingerprint density at radius 1 is 0.889 bits per heavy atom. The highest BCUT2D eigenvalue weighted by molar-refractivity contribution is 7.80. The van der Waals surface area contributed by atoms with Gasteiger partial charge in [0.1, 0.15) is 0 Å². The lowest BCUT2D eigenvalue weighted by atomic mass is 10.1. The molecule has 0 bridgehead atoms. The summed E-state index contributed by atoms with van der Waals surface area (Å²) in [4.78, 5) is 2.57. The van der Waals surface area contributed by atoms with Gasteiger partial charge in [0.2, 0.25) is 0 Å². The number of unbranched alkanes of at least 4 members (excludes halogenated alkanes) is 6. The molecule has 0 N–H and O–H groups in total. The Hall–Kier alpha value is 0.270. The Labute approximate surface area is 119 Å². The Kier molecular flexibility index (Phi) is 9.16. The lowest BCUT2D eigenvalue weighted by Gasteiger charge is -2.35. The van der Waals surface area contributed by atoms with E-state index >= 15 is 0 Å². The van der Waals surface area contributed by atoms with Crippen LogP contribution in [0.2, 0.25) is 0 Å². The average Bonchev–Trinajstić information content (AvgIpc) is 2.31. The van der Waals surface area contributed by atoms with Gasteiger partial charge in [-0.3, -0.25) is 4.90 Å². The highest BCUT2D eigenvalue weighted by atomic mass is 32.1. The first-order valence-corrected chi connectivity index (χ1v) is 8.34. The van der Waals surface area contributed by atoms with Gasteiger partial charge < -0.3 is 4.74 Å². The summed E-state index contributed by atoms with van der Waals surface area (Å²) in [6, 6.07) is 0. The van der Waals surface area contributed by atoms with Crippen molar-refractivity contribution in [1.82, 2.24) is 4.90 Å². The van der Waals surface area contributed by atoms with Gasteiger partial charge in [-0.1, -0.05) is 32.1 Å². The van der Waals surface area contributed by atoms with E-state index < -0.39 is 0 Å². The molecule has 3 heteroatoms. The van der Waals surface area contributed by atoms with Gasteiger partial charge in [0.25, 0.3) is 0 Å². The van der Waals surface area contributed by atoms with Crippen molar-refractivity contribution >= 4 is 12.6 Å². The van der Waals surface area contributed by atoms with Gasteiger partial charge in [0.05, 0.1) is 12.2 Å². The van der Waals surface area contributed by atoms with Gasteiger partial charge in [0, 0.05) is 13.1 Å². The maximum atomic E-state index is 5.75. The van der Waals surface area contributed by atoms with Crippen molar-refractivity contribution in [2.24, 2.45) is 0 Å². The molecule has 1 aliphatic rings. The predicted octanol–water partition coefficient (Wildman–Crippen LogP) is 3.76. The Morgan fingerprint density at radius 3 is 1.94 bits per heavy atom. The van der Waals surface area contributed by atoms with Gasteiger partial charge in [-0.05, 0) is 39.0 Å². The zero-order valence-electron chi connectivity index (χ0n) is 12.2. The third kappa shape index (κ3) is 7.65. The molecule has 2 atom stereocenters. The smallest absolute Gasteiger partial charge is 0.0678 e. The van der Waals surface area contributed by atoms with E-state index in [0.29, 0.717) is 12.2 Å². The van der Waals surface area contributed by atoms with Crippen LogP contribution in [0.15, 0.2) is 0 Å². The molecule has 1 rings (SSSR count). The van der Waals surface area contributed by atoms with E-state index in [-0.39, 0.29) is 0 Å². The quantitative estimate of drug-likeness (QED) is 0.507. The normalized spacial score (nSPS) is 25.5. The van der Waals surface area contributed by atoms with E-state index in [9.17, 15) is 0 Å². The highest BCUT2D eigenvalue weighted by Crippen LogP contribution is 2.13. The molecule has 0 amide bonds. The van der Waals surface area contributed by atoms with Crippen LogP contribution in [0.3, 0.4) is 0 Å². The van der Waals surface area contributed by atoms with Crippen molar-refractivity contribution in [2.45, 2.75) is 71.0 Å². The molecular formula is C15H31NOS. The van der Waals surface area contributed by atoms with Crippen molar-refractivity contribution in [3.05, 3.63) is 0 Å². The summed E-state index contributed by atoms with van der Waals surface area (Å²) in [6.07, 6.45) is 10.4. The lowest BCUT2D eigenvalue weighted by molar-refractivity contribution is -0.0681. The van der Waals surface area contributed by atoms with Crippen LogP contribution in [0.1, 0.15) is 58.8 Å². The minimum absolute atomic E-state index is 0.412.